The van der Waals surface area contributed by atoms with Gasteiger partial charge in [0.05, 0.1) is 0 Å². The Morgan fingerprint density at radius 1 is 0.907 bits per heavy atom. The summed E-state index contributed by atoms with van der Waals surface area (Å²) in [5.41, 5.74) is 3.17. The Morgan fingerprint density at radius 2 is 1.51 bits per heavy atom. The van der Waals surface area contributed by atoms with Crippen LogP contribution in [-0.4, -0.2) is 59.1 Å². The molecule has 0 bridgehead atoms. The van der Waals surface area contributed by atoms with Crippen LogP contribution in [0.25, 0.3) is 0 Å². The molecule has 7 heteroatoms. The van der Waals surface area contributed by atoms with Crippen molar-refractivity contribution in [2.24, 2.45) is 10.1 Å². The largest absolute Gasteiger partial charge is 0.447 e. The number of benzene rings is 1. The lowest BCUT2D eigenvalue weighted by molar-refractivity contribution is -0.155. The van der Waals surface area contributed by atoms with Crippen molar-refractivity contribution < 1.29 is 19.5 Å². The second-order valence-electron chi connectivity index (χ2n) is 12.4. The number of hydrogen-bond acceptors (Lipinski definition) is 6. The quantitative estimate of drug-likeness (QED) is 0.0505. The molecule has 7 nitrogen and oxygen atoms in total. The summed E-state index contributed by atoms with van der Waals surface area (Å²) >= 11 is 0. The lowest BCUT2D eigenvalue weighted by Crippen LogP contribution is -2.44. The summed E-state index contributed by atoms with van der Waals surface area (Å²) in [6.45, 7) is 14.6. The van der Waals surface area contributed by atoms with Crippen LogP contribution in [0.5, 0.6) is 0 Å². The maximum absolute atomic E-state index is 13.7. The normalized spacial score (nSPS) is 15.0. The van der Waals surface area contributed by atoms with Gasteiger partial charge in [-0.05, 0) is 56.6 Å². The highest BCUT2D eigenvalue weighted by Gasteiger charge is 2.40. The molecule has 1 aromatic rings. The van der Waals surface area contributed by atoms with Crippen LogP contribution in [-0.2, 0) is 19.7 Å². The molecule has 0 aliphatic carbocycles. The van der Waals surface area contributed by atoms with E-state index in [1.807, 2.05) is 26.0 Å². The molecular formula is C36H59N3O4. The molecule has 1 N–H and O–H groups in total. The van der Waals surface area contributed by atoms with E-state index >= 15 is 0 Å². The molecule has 1 aliphatic heterocycles. The molecule has 1 atom stereocenters. The summed E-state index contributed by atoms with van der Waals surface area (Å²) in [4.78, 5) is 34.1. The number of hydrogen-bond donors (Lipinski definition) is 1. The lowest BCUT2D eigenvalue weighted by atomic mass is 9.68. The standard InChI is InChI=1S/C36H59N3O4/c1-7-12-13-14-15-16-17-18-22-30(34(40)39(25-10-4)26-11-5)43-35(41)33(38-42)32-29-21-19-20-28(6)31(29)36(23-8-2,24-9-3)27-37-32/h19-21,30,42H,7-18,22-27H2,1-6H3. The molecule has 2 rings (SSSR count). The molecule has 1 amide bonds. The average Bonchev–Trinajstić information content (AvgIpc) is 2.99. The third-order valence-corrected chi connectivity index (χ3v) is 8.72. The molecular weight excluding hydrogens is 538 g/mol. The number of rotatable bonds is 21. The van der Waals surface area contributed by atoms with Crippen LogP contribution in [0.3, 0.4) is 0 Å². The fourth-order valence-electron chi connectivity index (χ4n) is 6.80. The Morgan fingerprint density at radius 3 is 2.07 bits per heavy atom. The Bertz CT molecular complexity index is 1050. The van der Waals surface area contributed by atoms with Gasteiger partial charge in [0.15, 0.2) is 6.10 Å². The van der Waals surface area contributed by atoms with Crippen LogP contribution in [0.2, 0.25) is 0 Å². The number of fused-ring (bicyclic) bond motifs is 1. The predicted molar refractivity (Wildman–Crippen MR) is 178 cm³/mol. The Balaban J connectivity index is 2.30. The molecule has 0 radical (unpaired) electrons. The summed E-state index contributed by atoms with van der Waals surface area (Å²) in [6, 6.07) is 6.02. The van der Waals surface area contributed by atoms with E-state index in [-0.39, 0.29) is 17.0 Å². The van der Waals surface area contributed by atoms with E-state index in [1.165, 1.54) is 37.7 Å². The van der Waals surface area contributed by atoms with E-state index < -0.39 is 12.1 Å². The van der Waals surface area contributed by atoms with Crippen LogP contribution >= 0.6 is 0 Å². The zero-order valence-electron chi connectivity index (χ0n) is 28.1. The predicted octanol–water partition coefficient (Wildman–Crippen LogP) is 8.56. The first-order chi connectivity index (χ1) is 20.8. The number of aliphatic imine (C=N–C) groups is 1. The van der Waals surface area contributed by atoms with E-state index in [1.54, 1.807) is 4.90 Å². The highest BCUT2D eigenvalue weighted by atomic mass is 16.6. The van der Waals surface area contributed by atoms with Crippen molar-refractivity contribution >= 4 is 23.3 Å². The first kappa shape index (κ1) is 36.5. The summed E-state index contributed by atoms with van der Waals surface area (Å²) < 4.78 is 5.94. The van der Waals surface area contributed by atoms with Crippen LogP contribution in [0.15, 0.2) is 28.3 Å². The van der Waals surface area contributed by atoms with Gasteiger partial charge in [-0.2, -0.15) is 0 Å². The minimum atomic E-state index is -0.914. The van der Waals surface area contributed by atoms with Gasteiger partial charge in [0, 0.05) is 30.6 Å². The SMILES string of the molecule is CCCCCCCCCCC(OC(=O)C(=NO)C1=NCC(CCC)(CCC)c2c(C)cccc21)C(=O)N(CCC)CCC. The van der Waals surface area contributed by atoms with Gasteiger partial charge < -0.3 is 14.8 Å². The molecule has 0 aromatic heterocycles. The molecule has 0 saturated carbocycles. The number of esters is 1. The van der Waals surface area contributed by atoms with Crippen LogP contribution in [0.4, 0.5) is 0 Å². The monoisotopic (exact) mass is 597 g/mol. The first-order valence-electron chi connectivity index (χ1n) is 17.2. The number of carbonyl (C=O) groups is 2. The van der Waals surface area contributed by atoms with Crippen molar-refractivity contribution in [3.8, 4) is 0 Å². The summed E-state index contributed by atoms with van der Waals surface area (Å²) in [6.07, 6.45) is 14.3. The average molecular weight is 598 g/mol. The fraction of sp³-hybridized carbons (Fsp3) is 0.722. The zero-order chi connectivity index (χ0) is 31.7. The van der Waals surface area contributed by atoms with Gasteiger partial charge in [0.2, 0.25) is 5.71 Å². The van der Waals surface area contributed by atoms with Crippen LogP contribution in [0.1, 0.15) is 148 Å². The Hall–Kier alpha value is -2.70. The maximum atomic E-state index is 13.7. The number of oxime groups is 1. The van der Waals surface area contributed by atoms with Crippen molar-refractivity contribution in [1.82, 2.24) is 4.90 Å². The Labute approximate surface area is 261 Å². The second kappa shape index (κ2) is 19.6. The number of aryl methyl sites for hydroxylation is 1. The molecule has 0 spiro atoms. The summed E-state index contributed by atoms with van der Waals surface area (Å²) in [5.74, 6) is -0.956. The van der Waals surface area contributed by atoms with E-state index in [4.69, 9.17) is 9.73 Å². The highest BCUT2D eigenvalue weighted by molar-refractivity contribution is 6.69. The van der Waals surface area contributed by atoms with Crippen molar-refractivity contribution in [2.45, 2.75) is 149 Å². The van der Waals surface area contributed by atoms with Crippen molar-refractivity contribution in [2.75, 3.05) is 19.6 Å². The van der Waals surface area contributed by atoms with Gasteiger partial charge in [-0.25, -0.2) is 4.79 Å². The van der Waals surface area contributed by atoms with E-state index in [9.17, 15) is 14.8 Å². The third-order valence-electron chi connectivity index (χ3n) is 8.72. The molecule has 1 heterocycles. The van der Waals surface area contributed by atoms with Crippen LogP contribution < -0.4 is 0 Å². The van der Waals surface area contributed by atoms with Crippen molar-refractivity contribution in [1.29, 1.82) is 0 Å². The number of unbranched alkanes of at least 4 members (excludes halogenated alkanes) is 7. The van der Waals surface area contributed by atoms with E-state index in [0.717, 1.165) is 68.9 Å². The number of nitrogens with zero attached hydrogens (tertiary/aromatic N) is 3. The Kier molecular flexibility index (Phi) is 16.6. The fourth-order valence-corrected chi connectivity index (χ4v) is 6.80. The van der Waals surface area contributed by atoms with Crippen LogP contribution in [0, 0.1) is 6.92 Å². The van der Waals surface area contributed by atoms with E-state index in [2.05, 4.69) is 38.9 Å². The topological polar surface area (TPSA) is 91.6 Å². The molecule has 0 saturated heterocycles. The van der Waals surface area contributed by atoms with Crippen molar-refractivity contribution in [3.63, 3.8) is 0 Å². The van der Waals surface area contributed by atoms with Gasteiger partial charge in [0.25, 0.3) is 5.91 Å². The van der Waals surface area contributed by atoms with Crippen molar-refractivity contribution in [3.05, 3.63) is 34.9 Å². The second-order valence-corrected chi connectivity index (χ2v) is 12.4. The highest BCUT2D eigenvalue weighted by Crippen LogP contribution is 2.41. The van der Waals surface area contributed by atoms with Gasteiger partial charge in [-0.1, -0.05) is 116 Å². The molecule has 1 aliphatic rings. The van der Waals surface area contributed by atoms with Gasteiger partial charge in [-0.15, -0.1) is 0 Å². The maximum Gasteiger partial charge on any atom is 0.363 e. The molecule has 242 valence electrons. The molecule has 0 fully saturated rings. The van der Waals surface area contributed by atoms with Gasteiger partial charge in [-0.3, -0.25) is 9.79 Å². The smallest absolute Gasteiger partial charge is 0.363 e. The third kappa shape index (κ3) is 10.2. The lowest BCUT2D eigenvalue weighted by Gasteiger charge is -2.39. The number of carbonyl (C=O) groups excluding carboxylic acids is 2. The number of amides is 1. The van der Waals surface area contributed by atoms with Gasteiger partial charge >= 0.3 is 5.97 Å². The van der Waals surface area contributed by atoms with E-state index in [0.29, 0.717) is 31.8 Å². The summed E-state index contributed by atoms with van der Waals surface area (Å²) in [5, 5.41) is 13.6. The molecule has 1 unspecified atom stereocenters. The minimum absolute atomic E-state index is 0.117. The van der Waals surface area contributed by atoms with Gasteiger partial charge in [0.1, 0.15) is 5.71 Å². The first-order valence-corrected chi connectivity index (χ1v) is 17.2. The number of ether oxygens (including phenoxy) is 1. The minimum Gasteiger partial charge on any atom is -0.447 e. The zero-order valence-corrected chi connectivity index (χ0v) is 28.1. The summed E-state index contributed by atoms with van der Waals surface area (Å²) in [7, 11) is 0. The molecule has 43 heavy (non-hydrogen) atoms. The molecule has 1 aromatic carbocycles.